The first-order valence-corrected chi connectivity index (χ1v) is 2.44. The Morgan fingerprint density at radius 2 is 2.44 bits per heavy atom. The number of rotatable bonds is 2. The van der Waals surface area contributed by atoms with Crippen molar-refractivity contribution in [2.75, 3.05) is 6.61 Å². The van der Waals surface area contributed by atoms with Crippen LogP contribution in [0.15, 0.2) is 12.2 Å². The minimum absolute atomic E-state index is 0.211. The van der Waals surface area contributed by atoms with Crippen LogP contribution in [0.2, 0.25) is 0 Å². The number of carbonyl (C=O) groups excluding carboxylic acids is 1. The molecule has 4 nitrogen and oxygen atoms in total. The number of nitrogens with two attached hydrogens (primary N) is 1. The van der Waals surface area contributed by atoms with Crippen molar-refractivity contribution in [1.29, 1.82) is 0 Å². The molecule has 4 heteroatoms. The zero-order valence-corrected chi connectivity index (χ0v) is 5.31. The van der Waals surface area contributed by atoms with E-state index in [2.05, 4.69) is 11.3 Å². The highest BCUT2D eigenvalue weighted by atomic mass is 16.5. The Hall–Kier alpha value is -1.03. The fraction of sp³-hybridized carbons (Fsp3) is 0.400. The van der Waals surface area contributed by atoms with Gasteiger partial charge in [0.05, 0.1) is 0 Å². The molecule has 0 aliphatic heterocycles. The Morgan fingerprint density at radius 1 is 1.89 bits per heavy atom. The summed E-state index contributed by atoms with van der Waals surface area (Å²) in [5, 5.41) is 0. The molecule has 0 atom stereocenters. The monoisotopic (exact) mass is 130 g/mol. The van der Waals surface area contributed by atoms with Crippen molar-refractivity contribution in [2.45, 2.75) is 6.92 Å². The Bertz CT molecular complexity index is 122. The van der Waals surface area contributed by atoms with Gasteiger partial charge in [0.2, 0.25) is 0 Å². The molecule has 0 radical (unpaired) electrons. The molecular weight excluding hydrogens is 120 g/mol. The molecule has 0 spiro atoms. The van der Waals surface area contributed by atoms with Gasteiger partial charge in [-0.15, -0.1) is 0 Å². The maximum absolute atomic E-state index is 10.2. The van der Waals surface area contributed by atoms with Crippen LogP contribution >= 0.6 is 0 Å². The Kier molecular flexibility index (Phi) is 3.46. The number of hydrogen-bond acceptors (Lipinski definition) is 3. The zero-order valence-electron chi connectivity index (χ0n) is 5.31. The normalized spacial score (nSPS) is 8.22. The summed E-state index contributed by atoms with van der Waals surface area (Å²) in [4.78, 5) is 10.2. The molecule has 0 aliphatic carbocycles. The Labute approximate surface area is 53.6 Å². The molecule has 0 fully saturated rings. The van der Waals surface area contributed by atoms with E-state index in [1.807, 2.05) is 5.43 Å². The maximum Gasteiger partial charge on any atom is 0.421 e. The summed E-state index contributed by atoms with van der Waals surface area (Å²) in [7, 11) is 0. The van der Waals surface area contributed by atoms with E-state index in [0.29, 0.717) is 0 Å². The van der Waals surface area contributed by atoms with Crippen LogP contribution in [0.3, 0.4) is 0 Å². The highest BCUT2D eigenvalue weighted by molar-refractivity contribution is 5.66. The van der Waals surface area contributed by atoms with Crippen LogP contribution in [-0.4, -0.2) is 12.7 Å². The third-order valence-corrected chi connectivity index (χ3v) is 0.568. The van der Waals surface area contributed by atoms with E-state index in [9.17, 15) is 4.79 Å². The highest BCUT2D eigenvalue weighted by Crippen LogP contribution is 1.86. The fourth-order valence-corrected chi connectivity index (χ4v) is 0.230. The van der Waals surface area contributed by atoms with Crippen molar-refractivity contribution < 1.29 is 9.53 Å². The van der Waals surface area contributed by atoms with Crippen LogP contribution in [0.5, 0.6) is 0 Å². The predicted octanol–water partition coefficient (Wildman–Crippen LogP) is 0.162. The summed E-state index contributed by atoms with van der Waals surface area (Å²) in [6.45, 7) is 5.48. The van der Waals surface area contributed by atoms with E-state index >= 15 is 0 Å². The molecular formula is C5H10N2O2. The van der Waals surface area contributed by atoms with Crippen LogP contribution in [0.1, 0.15) is 6.92 Å². The van der Waals surface area contributed by atoms with E-state index in [0.717, 1.165) is 5.57 Å². The minimum Gasteiger partial charge on any atom is -0.444 e. The first-order chi connectivity index (χ1) is 4.16. The Morgan fingerprint density at radius 3 is 2.78 bits per heavy atom. The fourth-order valence-electron chi connectivity index (χ4n) is 0.230. The van der Waals surface area contributed by atoms with Crippen molar-refractivity contribution in [2.24, 2.45) is 5.84 Å². The van der Waals surface area contributed by atoms with Gasteiger partial charge in [0.15, 0.2) is 0 Å². The number of nitrogens with one attached hydrogen (secondary N) is 1. The molecule has 0 rings (SSSR count). The van der Waals surface area contributed by atoms with Gasteiger partial charge in [-0.25, -0.2) is 10.6 Å². The maximum atomic E-state index is 10.2. The van der Waals surface area contributed by atoms with Crippen molar-refractivity contribution in [3.63, 3.8) is 0 Å². The molecule has 0 aromatic rings. The van der Waals surface area contributed by atoms with Crippen molar-refractivity contribution >= 4 is 6.09 Å². The van der Waals surface area contributed by atoms with Crippen molar-refractivity contribution in [3.05, 3.63) is 12.2 Å². The molecule has 0 heterocycles. The van der Waals surface area contributed by atoms with Crippen LogP contribution in [-0.2, 0) is 4.74 Å². The molecule has 0 saturated heterocycles. The van der Waals surface area contributed by atoms with Gasteiger partial charge in [0.25, 0.3) is 0 Å². The predicted molar refractivity (Wildman–Crippen MR) is 33.5 cm³/mol. The first-order valence-electron chi connectivity index (χ1n) is 2.44. The summed E-state index contributed by atoms with van der Waals surface area (Å²) in [6.07, 6.45) is -0.641. The largest absolute Gasteiger partial charge is 0.444 e. The topological polar surface area (TPSA) is 64.3 Å². The molecule has 0 aliphatic rings. The summed E-state index contributed by atoms with van der Waals surface area (Å²) < 4.78 is 4.48. The van der Waals surface area contributed by atoms with E-state index < -0.39 is 6.09 Å². The molecule has 0 unspecified atom stereocenters. The number of ether oxygens (including phenoxy) is 1. The van der Waals surface area contributed by atoms with Crippen molar-refractivity contribution in [3.8, 4) is 0 Å². The average Bonchev–Trinajstić information content (AvgIpc) is 1.83. The van der Waals surface area contributed by atoms with Gasteiger partial charge in [-0.05, 0) is 12.5 Å². The second-order valence-corrected chi connectivity index (χ2v) is 1.68. The van der Waals surface area contributed by atoms with Gasteiger partial charge in [-0.2, -0.15) is 0 Å². The smallest absolute Gasteiger partial charge is 0.421 e. The number of amides is 1. The standard InChI is InChI=1S/C5H10N2O2/c1-4(2)3-9-5(8)7-6/h1,3,6H2,2H3,(H,7,8). The second kappa shape index (κ2) is 3.91. The summed E-state index contributed by atoms with van der Waals surface area (Å²) in [5.74, 6) is 4.70. The van der Waals surface area contributed by atoms with E-state index in [1.54, 1.807) is 6.92 Å². The van der Waals surface area contributed by atoms with Crippen LogP contribution in [0, 0.1) is 0 Å². The van der Waals surface area contributed by atoms with Crippen LogP contribution in [0.25, 0.3) is 0 Å². The van der Waals surface area contributed by atoms with Gasteiger partial charge >= 0.3 is 6.09 Å². The van der Waals surface area contributed by atoms with E-state index in [-0.39, 0.29) is 6.61 Å². The van der Waals surface area contributed by atoms with Crippen LogP contribution < -0.4 is 11.3 Å². The van der Waals surface area contributed by atoms with Gasteiger partial charge in [0, 0.05) is 0 Å². The molecule has 0 aromatic carbocycles. The third kappa shape index (κ3) is 4.83. The van der Waals surface area contributed by atoms with Gasteiger partial charge < -0.3 is 4.74 Å². The average molecular weight is 130 g/mol. The second-order valence-electron chi connectivity index (χ2n) is 1.68. The number of hydrazine groups is 1. The molecule has 0 saturated carbocycles. The molecule has 52 valence electrons. The third-order valence-electron chi connectivity index (χ3n) is 0.568. The van der Waals surface area contributed by atoms with Gasteiger partial charge in [0.1, 0.15) is 6.61 Å². The Balaban J connectivity index is 3.28. The van der Waals surface area contributed by atoms with E-state index in [4.69, 9.17) is 5.84 Å². The summed E-state index contributed by atoms with van der Waals surface area (Å²) >= 11 is 0. The van der Waals surface area contributed by atoms with E-state index in [1.165, 1.54) is 0 Å². The zero-order chi connectivity index (χ0) is 7.28. The summed E-state index contributed by atoms with van der Waals surface area (Å²) in [6, 6.07) is 0. The highest BCUT2D eigenvalue weighted by Gasteiger charge is 1.94. The number of hydrogen-bond donors (Lipinski definition) is 2. The van der Waals surface area contributed by atoms with Gasteiger partial charge in [-0.1, -0.05) is 6.58 Å². The SMILES string of the molecule is C=C(C)COC(=O)NN. The number of carbonyl (C=O) groups is 1. The molecule has 0 bridgehead atoms. The minimum atomic E-state index is -0.641. The van der Waals surface area contributed by atoms with Crippen LogP contribution in [0.4, 0.5) is 4.79 Å². The summed E-state index contributed by atoms with van der Waals surface area (Å²) in [5.41, 5.74) is 2.59. The molecule has 1 amide bonds. The quantitative estimate of drug-likeness (QED) is 0.242. The lowest BCUT2D eigenvalue weighted by atomic mass is 10.4. The lowest BCUT2D eigenvalue weighted by Crippen LogP contribution is -2.30. The van der Waals surface area contributed by atoms with Gasteiger partial charge in [-0.3, -0.25) is 5.43 Å². The lowest BCUT2D eigenvalue weighted by Gasteiger charge is -2.00. The van der Waals surface area contributed by atoms with Crippen molar-refractivity contribution in [1.82, 2.24) is 5.43 Å². The lowest BCUT2D eigenvalue weighted by molar-refractivity contribution is 0.156. The molecule has 0 aromatic heterocycles. The molecule has 9 heavy (non-hydrogen) atoms. The molecule has 3 N–H and O–H groups in total. The first kappa shape index (κ1) is 7.97.